The molecule has 21 heavy (non-hydrogen) atoms. The minimum Gasteiger partial charge on any atom is -0.496 e. The van der Waals surface area contributed by atoms with Gasteiger partial charge in [0.15, 0.2) is 0 Å². The first kappa shape index (κ1) is 14.8. The molecule has 0 aliphatic rings. The van der Waals surface area contributed by atoms with Crippen LogP contribution < -0.4 is 10.1 Å². The minimum atomic E-state index is -0.413. The predicted octanol–water partition coefficient (Wildman–Crippen LogP) is 3.83. The van der Waals surface area contributed by atoms with Crippen LogP contribution in [-0.4, -0.2) is 12.0 Å². The number of nitrogens with one attached hydrogen (secondary N) is 1. The lowest BCUT2D eigenvalue weighted by Crippen LogP contribution is -2.03. The average Bonchev–Trinajstić information content (AvgIpc) is 2.48. The van der Waals surface area contributed by atoms with Crippen LogP contribution in [0.1, 0.15) is 16.7 Å². The van der Waals surface area contributed by atoms with Crippen molar-refractivity contribution in [2.24, 2.45) is 0 Å². The molecule has 0 aliphatic heterocycles. The maximum Gasteiger partial charge on any atom is 0.273 e. The molecule has 2 aromatic carbocycles. The quantitative estimate of drug-likeness (QED) is 0.670. The summed E-state index contributed by atoms with van der Waals surface area (Å²) >= 11 is 0. The Balaban J connectivity index is 2.21. The van der Waals surface area contributed by atoms with Gasteiger partial charge >= 0.3 is 0 Å². The number of nitro groups is 1. The summed E-state index contributed by atoms with van der Waals surface area (Å²) in [5, 5.41) is 14.2. The summed E-state index contributed by atoms with van der Waals surface area (Å²) < 4.78 is 5.11. The van der Waals surface area contributed by atoms with Crippen LogP contribution >= 0.6 is 0 Å². The lowest BCUT2D eigenvalue weighted by molar-refractivity contribution is -0.385. The van der Waals surface area contributed by atoms with Crippen molar-refractivity contribution in [3.8, 4) is 5.75 Å². The average molecular weight is 286 g/mol. The van der Waals surface area contributed by atoms with Gasteiger partial charge in [-0.3, -0.25) is 10.1 Å². The molecule has 0 amide bonds. The molecule has 0 unspecified atom stereocenters. The topological polar surface area (TPSA) is 64.4 Å². The number of methoxy groups -OCH3 is 1. The fraction of sp³-hybridized carbons (Fsp3) is 0.250. The lowest BCUT2D eigenvalue weighted by Gasteiger charge is -2.12. The molecule has 2 rings (SSSR count). The van der Waals surface area contributed by atoms with E-state index in [4.69, 9.17) is 4.74 Å². The standard InChI is InChI=1S/C16H18N2O3/c1-11-5-4-6-16(12(11)2)17-10-13-7-14(18(19)20)9-15(8-13)21-3/h4-9,17H,10H2,1-3H3. The van der Waals surface area contributed by atoms with Gasteiger partial charge in [-0.05, 0) is 42.7 Å². The van der Waals surface area contributed by atoms with E-state index in [1.54, 1.807) is 12.1 Å². The van der Waals surface area contributed by atoms with Crippen LogP contribution in [0.25, 0.3) is 0 Å². The molecule has 0 aliphatic carbocycles. The van der Waals surface area contributed by atoms with Crippen LogP contribution in [0.5, 0.6) is 5.75 Å². The normalized spacial score (nSPS) is 10.2. The third-order valence-corrected chi connectivity index (χ3v) is 3.49. The Hall–Kier alpha value is -2.56. The van der Waals surface area contributed by atoms with E-state index in [1.165, 1.54) is 24.3 Å². The third-order valence-electron chi connectivity index (χ3n) is 3.49. The van der Waals surface area contributed by atoms with Crippen LogP contribution in [0.2, 0.25) is 0 Å². The first-order valence-electron chi connectivity index (χ1n) is 6.63. The van der Waals surface area contributed by atoms with Gasteiger partial charge in [0.05, 0.1) is 18.1 Å². The molecule has 5 nitrogen and oxygen atoms in total. The van der Waals surface area contributed by atoms with Crippen molar-refractivity contribution in [2.45, 2.75) is 20.4 Å². The number of hydrogen-bond donors (Lipinski definition) is 1. The first-order chi connectivity index (χ1) is 10.0. The zero-order valence-electron chi connectivity index (χ0n) is 12.3. The van der Waals surface area contributed by atoms with E-state index in [0.717, 1.165) is 11.3 Å². The summed E-state index contributed by atoms with van der Waals surface area (Å²) in [5.41, 5.74) is 4.25. The smallest absolute Gasteiger partial charge is 0.273 e. The van der Waals surface area contributed by atoms with Crippen molar-refractivity contribution in [2.75, 3.05) is 12.4 Å². The van der Waals surface area contributed by atoms with Crippen molar-refractivity contribution in [3.05, 3.63) is 63.2 Å². The molecule has 0 fully saturated rings. The summed E-state index contributed by atoms with van der Waals surface area (Å²) in [4.78, 5) is 10.5. The van der Waals surface area contributed by atoms with E-state index >= 15 is 0 Å². The number of benzene rings is 2. The maximum absolute atomic E-state index is 10.9. The highest BCUT2D eigenvalue weighted by Gasteiger charge is 2.10. The number of nitrogens with zero attached hydrogens (tertiary/aromatic N) is 1. The molecule has 0 aromatic heterocycles. The SMILES string of the molecule is COc1cc(CNc2cccc(C)c2C)cc([N+](=O)[O-])c1. The number of rotatable bonds is 5. The van der Waals surface area contributed by atoms with Crippen LogP contribution in [0.3, 0.4) is 0 Å². The Morgan fingerprint density at radius 2 is 2.00 bits per heavy atom. The van der Waals surface area contributed by atoms with Gasteiger partial charge in [0, 0.05) is 18.3 Å². The second-order valence-electron chi connectivity index (χ2n) is 4.90. The summed E-state index contributed by atoms with van der Waals surface area (Å²) in [6, 6.07) is 10.8. The molecule has 0 bridgehead atoms. The Morgan fingerprint density at radius 3 is 2.67 bits per heavy atom. The third kappa shape index (κ3) is 3.51. The highest BCUT2D eigenvalue weighted by molar-refractivity contribution is 5.54. The first-order valence-corrected chi connectivity index (χ1v) is 6.63. The second-order valence-corrected chi connectivity index (χ2v) is 4.90. The lowest BCUT2D eigenvalue weighted by atomic mass is 10.1. The molecule has 0 spiro atoms. The van der Waals surface area contributed by atoms with Gasteiger partial charge in [0.2, 0.25) is 0 Å². The molecule has 110 valence electrons. The van der Waals surface area contributed by atoms with E-state index in [9.17, 15) is 10.1 Å². The molecule has 0 saturated heterocycles. The second kappa shape index (κ2) is 6.26. The number of anilines is 1. The fourth-order valence-corrected chi connectivity index (χ4v) is 2.11. The largest absolute Gasteiger partial charge is 0.496 e. The predicted molar refractivity (Wildman–Crippen MR) is 82.9 cm³/mol. The minimum absolute atomic E-state index is 0.0344. The van der Waals surface area contributed by atoms with Crippen LogP contribution in [-0.2, 0) is 6.54 Å². The van der Waals surface area contributed by atoms with Gasteiger partial charge in [-0.2, -0.15) is 0 Å². The summed E-state index contributed by atoms with van der Waals surface area (Å²) in [5.74, 6) is 0.488. The van der Waals surface area contributed by atoms with Gasteiger partial charge in [-0.1, -0.05) is 12.1 Å². The fourth-order valence-electron chi connectivity index (χ4n) is 2.11. The van der Waals surface area contributed by atoms with Crippen LogP contribution in [0.4, 0.5) is 11.4 Å². The van der Waals surface area contributed by atoms with Gasteiger partial charge in [0.1, 0.15) is 5.75 Å². The zero-order valence-corrected chi connectivity index (χ0v) is 12.3. The van der Waals surface area contributed by atoms with Crippen LogP contribution in [0, 0.1) is 24.0 Å². The molecule has 0 radical (unpaired) electrons. The van der Waals surface area contributed by atoms with E-state index in [1.807, 2.05) is 19.1 Å². The number of hydrogen-bond acceptors (Lipinski definition) is 4. The number of ether oxygens (including phenoxy) is 1. The molecule has 0 heterocycles. The van der Waals surface area contributed by atoms with Crippen LogP contribution in [0.15, 0.2) is 36.4 Å². The Morgan fingerprint density at radius 1 is 1.24 bits per heavy atom. The van der Waals surface area contributed by atoms with E-state index in [0.29, 0.717) is 12.3 Å². The van der Waals surface area contributed by atoms with E-state index < -0.39 is 4.92 Å². The van der Waals surface area contributed by atoms with E-state index in [2.05, 4.69) is 18.3 Å². The molecule has 2 aromatic rings. The van der Waals surface area contributed by atoms with Crippen molar-refractivity contribution in [1.29, 1.82) is 0 Å². The molecular formula is C16H18N2O3. The molecule has 5 heteroatoms. The highest BCUT2D eigenvalue weighted by Crippen LogP contribution is 2.24. The molecular weight excluding hydrogens is 268 g/mol. The van der Waals surface area contributed by atoms with Crippen molar-refractivity contribution >= 4 is 11.4 Å². The molecule has 1 N–H and O–H groups in total. The summed E-state index contributed by atoms with van der Waals surface area (Å²) in [7, 11) is 1.50. The summed E-state index contributed by atoms with van der Waals surface area (Å²) in [6.45, 7) is 4.60. The molecule has 0 saturated carbocycles. The zero-order chi connectivity index (χ0) is 15.4. The van der Waals surface area contributed by atoms with Crippen molar-refractivity contribution in [1.82, 2.24) is 0 Å². The highest BCUT2D eigenvalue weighted by atomic mass is 16.6. The van der Waals surface area contributed by atoms with Gasteiger partial charge in [0.25, 0.3) is 5.69 Å². The monoisotopic (exact) mass is 286 g/mol. The van der Waals surface area contributed by atoms with Gasteiger partial charge in [-0.25, -0.2) is 0 Å². The van der Waals surface area contributed by atoms with E-state index in [-0.39, 0.29) is 5.69 Å². The summed E-state index contributed by atoms with van der Waals surface area (Å²) in [6.07, 6.45) is 0. The van der Waals surface area contributed by atoms with Crippen molar-refractivity contribution in [3.63, 3.8) is 0 Å². The number of nitro benzene ring substituents is 1. The van der Waals surface area contributed by atoms with Crippen molar-refractivity contribution < 1.29 is 9.66 Å². The number of aryl methyl sites for hydroxylation is 1. The van der Waals surface area contributed by atoms with Gasteiger partial charge < -0.3 is 10.1 Å². The molecule has 0 atom stereocenters. The Bertz CT molecular complexity index is 669. The number of non-ortho nitro benzene ring substituents is 1. The maximum atomic E-state index is 10.9. The Labute approximate surface area is 123 Å². The van der Waals surface area contributed by atoms with Gasteiger partial charge in [-0.15, -0.1) is 0 Å². The Kier molecular flexibility index (Phi) is 4.42.